The van der Waals surface area contributed by atoms with E-state index in [1.54, 1.807) is 29.1 Å². The Hall–Kier alpha value is -3.81. The van der Waals surface area contributed by atoms with Crippen molar-refractivity contribution in [2.45, 2.75) is 37.4 Å². The second-order valence-corrected chi connectivity index (χ2v) is 10.4. The summed E-state index contributed by atoms with van der Waals surface area (Å²) in [7, 11) is -3.78. The third-order valence-corrected chi connectivity index (χ3v) is 7.10. The van der Waals surface area contributed by atoms with Crippen LogP contribution in [0.15, 0.2) is 59.8 Å². The highest BCUT2D eigenvalue weighted by atomic mass is 35.5. The molecule has 38 heavy (non-hydrogen) atoms. The fourth-order valence-corrected chi connectivity index (χ4v) is 4.76. The molecule has 0 spiro atoms. The number of nitrogen functional groups attached to an aromatic ring is 1. The monoisotopic (exact) mass is 561 g/mol. The number of ether oxygens (including phenoxy) is 1. The predicted molar refractivity (Wildman–Crippen MR) is 139 cm³/mol. The number of sulfonamides is 1. The number of aryl methyl sites for hydroxylation is 1. The second kappa shape index (κ2) is 12.2. The fraction of sp³-hybridized carbons (Fsp3) is 0.250. The molecule has 0 aliphatic carbocycles. The molecule has 0 unspecified atom stereocenters. The Labute approximate surface area is 223 Å². The number of rotatable bonds is 11. The summed E-state index contributed by atoms with van der Waals surface area (Å²) in [5.41, 5.74) is 8.02. The van der Waals surface area contributed by atoms with Gasteiger partial charge in [-0.2, -0.15) is 9.97 Å². The van der Waals surface area contributed by atoms with Crippen LogP contribution < -0.4 is 15.8 Å². The molecule has 200 valence electrons. The summed E-state index contributed by atoms with van der Waals surface area (Å²) in [4.78, 5) is 24.3. The maximum atomic E-state index is 13.3. The Bertz CT molecular complexity index is 1530. The largest absolute Gasteiger partial charge is 0.450 e. The first-order valence-electron chi connectivity index (χ1n) is 11.6. The summed E-state index contributed by atoms with van der Waals surface area (Å²) in [6.07, 6.45) is 2.33. The zero-order chi connectivity index (χ0) is 27.1. The normalized spacial score (nSPS) is 11.5. The van der Waals surface area contributed by atoms with E-state index in [1.807, 2.05) is 0 Å². The molecular formula is C24H25ClFN7O4S. The molecule has 4 rings (SSSR count). The first-order chi connectivity index (χ1) is 18.2. The first-order valence-corrected chi connectivity index (χ1v) is 13.4. The molecule has 0 bridgehead atoms. The standard InChI is InChI=1S/C24H25ClFN7O4S/c25-23-31-21(27)20-22(32-23)33(15-29-20)10-1-2-11-37-24(34)28-13-16-6-8-19(9-7-16)38(35,36)30-14-17-4-3-5-18(26)12-17/h3-9,12,15,30H,1-2,10-11,13-14H2,(H,28,34)(H2,27,31,32). The van der Waals surface area contributed by atoms with E-state index in [-0.39, 0.29) is 35.7 Å². The van der Waals surface area contributed by atoms with Crippen molar-refractivity contribution in [1.29, 1.82) is 0 Å². The van der Waals surface area contributed by atoms with Crippen LogP contribution in [0.3, 0.4) is 0 Å². The number of aromatic nitrogens is 4. The van der Waals surface area contributed by atoms with Crippen molar-refractivity contribution in [3.8, 4) is 0 Å². The molecule has 2 heterocycles. The van der Waals surface area contributed by atoms with E-state index in [2.05, 4.69) is 25.0 Å². The van der Waals surface area contributed by atoms with Crippen LogP contribution >= 0.6 is 11.6 Å². The Morgan fingerprint density at radius 1 is 1.08 bits per heavy atom. The summed E-state index contributed by atoms with van der Waals surface area (Å²) in [5, 5.41) is 2.67. The van der Waals surface area contributed by atoms with Crippen LogP contribution in [0.5, 0.6) is 0 Å². The van der Waals surface area contributed by atoms with E-state index >= 15 is 0 Å². The van der Waals surface area contributed by atoms with Crippen LogP contribution in [0, 0.1) is 5.82 Å². The van der Waals surface area contributed by atoms with Crippen LogP contribution in [-0.4, -0.2) is 40.6 Å². The number of carbonyl (C=O) groups excluding carboxylic acids is 1. The maximum Gasteiger partial charge on any atom is 0.407 e. The van der Waals surface area contributed by atoms with Crippen molar-refractivity contribution in [2.75, 3.05) is 12.3 Å². The number of alkyl carbamates (subject to hydrolysis) is 1. The number of nitrogens with one attached hydrogen (secondary N) is 2. The number of imidazole rings is 1. The molecule has 0 aliphatic rings. The first kappa shape index (κ1) is 27.2. The van der Waals surface area contributed by atoms with E-state index in [1.165, 1.54) is 30.3 Å². The van der Waals surface area contributed by atoms with Crippen molar-refractivity contribution in [3.63, 3.8) is 0 Å². The van der Waals surface area contributed by atoms with Crippen LogP contribution in [0.2, 0.25) is 5.28 Å². The molecule has 0 saturated heterocycles. The molecule has 2 aromatic carbocycles. The Morgan fingerprint density at radius 2 is 1.87 bits per heavy atom. The van der Waals surface area contributed by atoms with Crippen LogP contribution in [-0.2, 0) is 34.4 Å². The Kier molecular flexibility index (Phi) is 8.71. The van der Waals surface area contributed by atoms with Crippen LogP contribution in [0.1, 0.15) is 24.0 Å². The van der Waals surface area contributed by atoms with E-state index in [0.717, 1.165) is 0 Å². The molecule has 1 amide bonds. The zero-order valence-corrected chi connectivity index (χ0v) is 21.7. The van der Waals surface area contributed by atoms with Crippen molar-refractivity contribution in [3.05, 3.63) is 77.1 Å². The number of nitrogens with zero attached hydrogens (tertiary/aromatic N) is 4. The molecule has 4 aromatic rings. The van der Waals surface area contributed by atoms with E-state index in [4.69, 9.17) is 22.1 Å². The van der Waals surface area contributed by atoms with Gasteiger partial charge in [-0.25, -0.2) is 27.3 Å². The van der Waals surface area contributed by atoms with Crippen LogP contribution in [0.4, 0.5) is 15.0 Å². The van der Waals surface area contributed by atoms with Crippen LogP contribution in [0.25, 0.3) is 11.2 Å². The number of nitrogens with two attached hydrogens (primary N) is 1. The number of hydrogen-bond acceptors (Lipinski definition) is 8. The average Bonchev–Trinajstić information content (AvgIpc) is 3.29. The number of benzene rings is 2. The van der Waals surface area contributed by atoms with Gasteiger partial charge in [0.2, 0.25) is 15.3 Å². The topological polar surface area (TPSA) is 154 Å². The summed E-state index contributed by atoms with van der Waals surface area (Å²) in [6.45, 7) is 0.926. The van der Waals surface area contributed by atoms with Gasteiger partial charge in [0, 0.05) is 19.6 Å². The van der Waals surface area contributed by atoms with Crippen molar-refractivity contribution < 1.29 is 22.3 Å². The minimum atomic E-state index is -3.78. The lowest BCUT2D eigenvalue weighted by Crippen LogP contribution is -2.25. The van der Waals surface area contributed by atoms with Gasteiger partial charge in [0.25, 0.3) is 0 Å². The lowest BCUT2D eigenvalue weighted by Gasteiger charge is -2.09. The quantitative estimate of drug-likeness (QED) is 0.186. The third-order valence-electron chi connectivity index (χ3n) is 5.52. The molecule has 0 atom stereocenters. The fourth-order valence-electron chi connectivity index (χ4n) is 3.57. The molecular weight excluding hydrogens is 537 g/mol. The molecule has 11 nitrogen and oxygen atoms in total. The van der Waals surface area contributed by atoms with E-state index in [0.29, 0.717) is 41.7 Å². The molecule has 0 fully saturated rings. The van der Waals surface area contributed by atoms with Gasteiger partial charge in [0.1, 0.15) is 11.3 Å². The molecule has 0 saturated carbocycles. The number of anilines is 1. The third kappa shape index (κ3) is 7.15. The number of fused-ring (bicyclic) bond motifs is 1. The van der Waals surface area contributed by atoms with Gasteiger partial charge in [-0.3, -0.25) is 0 Å². The van der Waals surface area contributed by atoms with Gasteiger partial charge >= 0.3 is 6.09 Å². The minimum Gasteiger partial charge on any atom is -0.450 e. The van der Waals surface area contributed by atoms with Gasteiger partial charge in [-0.15, -0.1) is 0 Å². The number of hydrogen-bond donors (Lipinski definition) is 3. The highest BCUT2D eigenvalue weighted by molar-refractivity contribution is 7.89. The lowest BCUT2D eigenvalue weighted by atomic mass is 10.2. The number of carbonyl (C=O) groups is 1. The van der Waals surface area contributed by atoms with Gasteiger partial charge in [0.05, 0.1) is 17.8 Å². The minimum absolute atomic E-state index is 0.0362. The molecule has 2 aromatic heterocycles. The number of amides is 1. The summed E-state index contributed by atoms with van der Waals surface area (Å²) in [6, 6.07) is 11.7. The zero-order valence-electron chi connectivity index (χ0n) is 20.1. The maximum absolute atomic E-state index is 13.3. The Morgan fingerprint density at radius 3 is 2.63 bits per heavy atom. The highest BCUT2D eigenvalue weighted by Gasteiger charge is 2.14. The SMILES string of the molecule is Nc1nc(Cl)nc2c1ncn2CCCCOC(=O)NCc1ccc(S(=O)(=O)NCc2cccc(F)c2)cc1. The van der Waals surface area contributed by atoms with Gasteiger partial charge in [-0.05, 0) is 59.8 Å². The molecule has 14 heteroatoms. The Balaban J connectivity index is 1.17. The van der Waals surface area contributed by atoms with Crippen molar-refractivity contribution >= 4 is 44.7 Å². The lowest BCUT2D eigenvalue weighted by molar-refractivity contribution is 0.143. The summed E-state index contributed by atoms with van der Waals surface area (Å²) < 4.78 is 47.7. The molecule has 0 radical (unpaired) electrons. The average molecular weight is 562 g/mol. The van der Waals surface area contributed by atoms with Crippen molar-refractivity contribution in [1.82, 2.24) is 29.6 Å². The van der Waals surface area contributed by atoms with Gasteiger partial charge < -0.3 is 20.4 Å². The predicted octanol–water partition coefficient (Wildman–Crippen LogP) is 3.39. The number of unbranched alkanes of at least 4 members (excludes halogenated alkanes) is 1. The smallest absolute Gasteiger partial charge is 0.407 e. The van der Waals surface area contributed by atoms with E-state index in [9.17, 15) is 17.6 Å². The van der Waals surface area contributed by atoms with Gasteiger partial charge in [-0.1, -0.05) is 24.3 Å². The number of halogens is 2. The summed E-state index contributed by atoms with van der Waals surface area (Å²) >= 11 is 5.86. The molecule has 0 aliphatic heterocycles. The summed E-state index contributed by atoms with van der Waals surface area (Å²) in [5.74, 6) is -0.222. The van der Waals surface area contributed by atoms with E-state index < -0.39 is 21.9 Å². The van der Waals surface area contributed by atoms with Gasteiger partial charge in [0.15, 0.2) is 11.5 Å². The second-order valence-electron chi connectivity index (χ2n) is 8.28. The van der Waals surface area contributed by atoms with Crippen molar-refractivity contribution in [2.24, 2.45) is 0 Å². The molecule has 4 N–H and O–H groups in total. The highest BCUT2D eigenvalue weighted by Crippen LogP contribution is 2.18.